The number of aromatic nitrogens is 1. The first-order valence-corrected chi connectivity index (χ1v) is 5.70. The van der Waals surface area contributed by atoms with Crippen molar-refractivity contribution >= 4 is 17.4 Å². The number of pyridine rings is 1. The minimum absolute atomic E-state index is 0.0967. The molecule has 1 heterocycles. The van der Waals surface area contributed by atoms with Crippen LogP contribution in [0.3, 0.4) is 0 Å². The van der Waals surface area contributed by atoms with Crippen LogP contribution in [0.25, 0.3) is 0 Å². The molecular formula is C12H17ClN2O2. The number of hydrogen-bond acceptors (Lipinski definition) is 4. The second-order valence-electron chi connectivity index (χ2n) is 3.52. The molecule has 4 nitrogen and oxygen atoms in total. The van der Waals surface area contributed by atoms with E-state index in [9.17, 15) is 0 Å². The Labute approximate surface area is 106 Å². The number of ether oxygens (including phenoxy) is 1. The summed E-state index contributed by atoms with van der Waals surface area (Å²) >= 11 is 5.90. The van der Waals surface area contributed by atoms with Gasteiger partial charge in [-0.25, -0.2) is 4.98 Å². The van der Waals surface area contributed by atoms with Gasteiger partial charge < -0.3 is 14.7 Å². The van der Waals surface area contributed by atoms with Crippen LogP contribution in [-0.4, -0.2) is 36.9 Å². The van der Waals surface area contributed by atoms with Crippen LogP contribution < -0.4 is 4.90 Å². The Morgan fingerprint density at radius 2 is 2.41 bits per heavy atom. The highest BCUT2D eigenvalue weighted by atomic mass is 35.5. The van der Waals surface area contributed by atoms with E-state index in [0.29, 0.717) is 30.3 Å². The number of anilines is 1. The van der Waals surface area contributed by atoms with Crippen molar-refractivity contribution in [2.24, 2.45) is 0 Å². The largest absolute Gasteiger partial charge is 0.392 e. The lowest BCUT2D eigenvalue weighted by Gasteiger charge is -2.22. The van der Waals surface area contributed by atoms with E-state index in [1.807, 2.05) is 4.90 Å². The Bertz CT molecular complexity index is 372. The molecule has 0 aliphatic rings. The molecule has 1 aromatic heterocycles. The van der Waals surface area contributed by atoms with Gasteiger partial charge in [-0.05, 0) is 6.07 Å². The van der Waals surface area contributed by atoms with Crippen molar-refractivity contribution in [3.8, 4) is 0 Å². The second-order valence-corrected chi connectivity index (χ2v) is 3.93. The number of aliphatic hydroxyl groups excluding tert-OH is 1. The summed E-state index contributed by atoms with van der Waals surface area (Å²) in [5.41, 5.74) is 0.670. The van der Waals surface area contributed by atoms with Crippen molar-refractivity contribution in [1.82, 2.24) is 4.98 Å². The predicted molar refractivity (Wildman–Crippen MR) is 69.5 cm³/mol. The Kier molecular flexibility index (Phi) is 5.97. The van der Waals surface area contributed by atoms with Crippen LogP contribution >= 0.6 is 11.6 Å². The zero-order chi connectivity index (χ0) is 12.7. The van der Waals surface area contributed by atoms with Crippen LogP contribution in [-0.2, 0) is 11.3 Å². The molecule has 0 spiro atoms. The van der Waals surface area contributed by atoms with Crippen LogP contribution in [0.4, 0.5) is 5.82 Å². The van der Waals surface area contributed by atoms with E-state index in [2.05, 4.69) is 11.6 Å². The van der Waals surface area contributed by atoms with Crippen LogP contribution in [0, 0.1) is 0 Å². The quantitative estimate of drug-likeness (QED) is 0.757. The zero-order valence-corrected chi connectivity index (χ0v) is 10.7. The van der Waals surface area contributed by atoms with Gasteiger partial charge in [-0.3, -0.25) is 0 Å². The van der Waals surface area contributed by atoms with E-state index < -0.39 is 0 Å². The summed E-state index contributed by atoms with van der Waals surface area (Å²) in [6, 6.07) is 1.78. The number of nitrogens with zero attached hydrogens (tertiary/aromatic N) is 2. The standard InChI is InChI=1S/C12H17ClN2O2/c1-3-4-15(5-6-17-2)12-7-10(9-16)11(13)8-14-12/h3,7-8,16H,1,4-6,9H2,2H3. The number of halogens is 1. The number of rotatable bonds is 7. The van der Waals surface area contributed by atoms with E-state index in [1.165, 1.54) is 0 Å². The van der Waals surface area contributed by atoms with Gasteiger partial charge in [0.05, 0.1) is 18.2 Å². The fourth-order valence-electron chi connectivity index (χ4n) is 1.42. The first-order valence-electron chi connectivity index (χ1n) is 5.33. The van der Waals surface area contributed by atoms with Gasteiger partial charge in [-0.2, -0.15) is 0 Å². The van der Waals surface area contributed by atoms with Crippen molar-refractivity contribution in [1.29, 1.82) is 0 Å². The zero-order valence-electron chi connectivity index (χ0n) is 9.90. The maximum absolute atomic E-state index is 9.16. The molecule has 94 valence electrons. The van der Waals surface area contributed by atoms with Gasteiger partial charge in [-0.1, -0.05) is 17.7 Å². The summed E-state index contributed by atoms with van der Waals surface area (Å²) in [7, 11) is 1.65. The van der Waals surface area contributed by atoms with Crippen LogP contribution in [0.15, 0.2) is 24.9 Å². The fraction of sp³-hybridized carbons (Fsp3) is 0.417. The minimum Gasteiger partial charge on any atom is -0.392 e. The number of methoxy groups -OCH3 is 1. The van der Waals surface area contributed by atoms with Crippen LogP contribution in [0.2, 0.25) is 5.02 Å². The molecule has 0 aliphatic heterocycles. The molecule has 1 rings (SSSR count). The summed E-state index contributed by atoms with van der Waals surface area (Å²) in [5, 5.41) is 9.63. The number of hydrogen-bond donors (Lipinski definition) is 1. The van der Waals surface area contributed by atoms with E-state index in [4.69, 9.17) is 21.4 Å². The van der Waals surface area contributed by atoms with Gasteiger partial charge in [0.25, 0.3) is 0 Å². The van der Waals surface area contributed by atoms with Gasteiger partial charge in [0.15, 0.2) is 0 Å². The van der Waals surface area contributed by atoms with E-state index in [1.54, 1.807) is 25.4 Å². The third-order valence-corrected chi connectivity index (χ3v) is 2.67. The normalized spacial score (nSPS) is 10.3. The maximum Gasteiger partial charge on any atom is 0.129 e. The van der Waals surface area contributed by atoms with Gasteiger partial charge in [0, 0.05) is 32.0 Å². The SMILES string of the molecule is C=CCN(CCOC)c1cc(CO)c(Cl)cn1. The Balaban J connectivity index is 2.88. The first-order chi connectivity index (χ1) is 8.22. The molecule has 0 atom stereocenters. The summed E-state index contributed by atoms with van der Waals surface area (Å²) in [4.78, 5) is 6.24. The van der Waals surface area contributed by atoms with Gasteiger partial charge in [0.2, 0.25) is 0 Å². The lowest BCUT2D eigenvalue weighted by Crippen LogP contribution is -2.28. The minimum atomic E-state index is -0.0967. The average molecular weight is 257 g/mol. The number of aliphatic hydroxyl groups is 1. The summed E-state index contributed by atoms with van der Waals surface area (Å²) < 4.78 is 5.04. The van der Waals surface area contributed by atoms with Crippen molar-refractivity contribution in [3.05, 3.63) is 35.5 Å². The molecule has 0 amide bonds. The molecule has 0 aliphatic carbocycles. The molecule has 0 radical (unpaired) electrons. The van der Waals surface area contributed by atoms with Gasteiger partial charge in [-0.15, -0.1) is 6.58 Å². The molecule has 17 heavy (non-hydrogen) atoms. The summed E-state index contributed by atoms with van der Waals surface area (Å²) in [5.74, 6) is 0.760. The molecule has 0 bridgehead atoms. The highest BCUT2D eigenvalue weighted by Gasteiger charge is 2.09. The highest BCUT2D eigenvalue weighted by molar-refractivity contribution is 6.31. The molecule has 5 heteroatoms. The third-order valence-electron chi connectivity index (χ3n) is 2.33. The van der Waals surface area contributed by atoms with Crippen molar-refractivity contribution < 1.29 is 9.84 Å². The Morgan fingerprint density at radius 1 is 1.65 bits per heavy atom. The monoisotopic (exact) mass is 256 g/mol. The average Bonchev–Trinajstić information content (AvgIpc) is 2.35. The molecule has 1 aromatic rings. The predicted octanol–water partition coefficient (Wildman–Crippen LogP) is 1.87. The summed E-state index contributed by atoms with van der Waals surface area (Å²) in [6.45, 7) is 5.60. The molecule has 0 saturated carbocycles. The van der Waals surface area contributed by atoms with Crippen molar-refractivity contribution in [2.45, 2.75) is 6.61 Å². The van der Waals surface area contributed by atoms with Gasteiger partial charge in [0.1, 0.15) is 5.82 Å². The molecular weight excluding hydrogens is 240 g/mol. The van der Waals surface area contributed by atoms with E-state index in [0.717, 1.165) is 5.82 Å². The van der Waals surface area contributed by atoms with E-state index >= 15 is 0 Å². The second kappa shape index (κ2) is 7.27. The Morgan fingerprint density at radius 3 is 3.00 bits per heavy atom. The van der Waals surface area contributed by atoms with Crippen LogP contribution in [0.1, 0.15) is 5.56 Å². The summed E-state index contributed by atoms with van der Waals surface area (Å²) in [6.07, 6.45) is 3.34. The fourth-order valence-corrected chi connectivity index (χ4v) is 1.58. The van der Waals surface area contributed by atoms with Gasteiger partial charge >= 0.3 is 0 Å². The third kappa shape index (κ3) is 4.00. The lowest BCUT2D eigenvalue weighted by atomic mass is 10.2. The maximum atomic E-state index is 9.16. The molecule has 1 N–H and O–H groups in total. The Hall–Kier alpha value is -1.10. The smallest absolute Gasteiger partial charge is 0.129 e. The first kappa shape index (κ1) is 14.0. The van der Waals surface area contributed by atoms with Crippen molar-refractivity contribution in [3.63, 3.8) is 0 Å². The molecule has 0 unspecified atom stereocenters. The lowest BCUT2D eigenvalue weighted by molar-refractivity contribution is 0.205. The van der Waals surface area contributed by atoms with E-state index in [-0.39, 0.29) is 6.61 Å². The van der Waals surface area contributed by atoms with Crippen molar-refractivity contribution in [2.75, 3.05) is 31.7 Å². The highest BCUT2D eigenvalue weighted by Crippen LogP contribution is 2.20. The molecule has 0 saturated heterocycles. The topological polar surface area (TPSA) is 45.6 Å². The molecule has 0 fully saturated rings. The van der Waals surface area contributed by atoms with Crippen LogP contribution in [0.5, 0.6) is 0 Å². The molecule has 0 aromatic carbocycles.